The van der Waals surface area contributed by atoms with Crippen LogP contribution < -0.4 is 11.1 Å². The SMILES string of the molecule is N#Cc1c(CCCNC(=O)c2cc(-c3ccncc3)nc3ccccc23)nn(-c2ccc(F)cc2)c1N. The number of nitrogen functional groups attached to an aromatic ring is 1. The fraction of sp³-hybridized carbons (Fsp3) is 0.107. The number of aromatic nitrogens is 4. The molecule has 5 rings (SSSR count). The average molecular weight is 492 g/mol. The summed E-state index contributed by atoms with van der Waals surface area (Å²) in [4.78, 5) is 21.9. The number of aryl methyl sites for hydroxylation is 1. The predicted octanol–water partition coefficient (Wildman–Crippen LogP) is 4.44. The van der Waals surface area contributed by atoms with Gasteiger partial charge in [0.2, 0.25) is 0 Å². The molecule has 37 heavy (non-hydrogen) atoms. The van der Waals surface area contributed by atoms with Crippen LogP contribution in [0.25, 0.3) is 27.8 Å². The van der Waals surface area contributed by atoms with E-state index in [0.717, 1.165) is 16.5 Å². The number of nitriles is 1. The molecule has 3 aromatic heterocycles. The molecule has 0 aliphatic heterocycles. The Kier molecular flexibility index (Phi) is 6.55. The highest BCUT2D eigenvalue weighted by molar-refractivity contribution is 6.07. The number of carbonyl (C=O) groups is 1. The lowest BCUT2D eigenvalue weighted by molar-refractivity contribution is 0.0955. The van der Waals surface area contributed by atoms with E-state index in [1.807, 2.05) is 36.4 Å². The average Bonchev–Trinajstić information content (AvgIpc) is 3.26. The number of pyridine rings is 2. The number of anilines is 1. The van der Waals surface area contributed by atoms with Gasteiger partial charge in [-0.1, -0.05) is 18.2 Å². The van der Waals surface area contributed by atoms with Crippen LogP contribution in [-0.4, -0.2) is 32.2 Å². The number of fused-ring (bicyclic) bond motifs is 1. The van der Waals surface area contributed by atoms with Crippen molar-refractivity contribution in [1.29, 1.82) is 5.26 Å². The molecule has 0 fully saturated rings. The topological polar surface area (TPSA) is 123 Å². The van der Waals surface area contributed by atoms with E-state index in [1.54, 1.807) is 30.6 Å². The lowest BCUT2D eigenvalue weighted by atomic mass is 10.0. The monoisotopic (exact) mass is 491 g/mol. The number of halogens is 1. The number of benzene rings is 2. The molecule has 0 spiro atoms. The van der Waals surface area contributed by atoms with Crippen molar-refractivity contribution in [2.45, 2.75) is 12.8 Å². The van der Waals surface area contributed by atoms with Crippen LogP contribution in [0.2, 0.25) is 0 Å². The summed E-state index contributed by atoms with van der Waals surface area (Å²) in [6, 6.07) is 20.8. The van der Waals surface area contributed by atoms with E-state index < -0.39 is 0 Å². The van der Waals surface area contributed by atoms with Gasteiger partial charge < -0.3 is 11.1 Å². The first-order chi connectivity index (χ1) is 18.0. The van der Waals surface area contributed by atoms with Gasteiger partial charge in [-0.05, 0) is 61.4 Å². The molecule has 182 valence electrons. The number of hydrogen-bond acceptors (Lipinski definition) is 6. The van der Waals surface area contributed by atoms with Gasteiger partial charge in [-0.15, -0.1) is 0 Å². The summed E-state index contributed by atoms with van der Waals surface area (Å²) >= 11 is 0. The molecule has 2 aromatic carbocycles. The molecule has 8 nitrogen and oxygen atoms in total. The molecule has 3 heterocycles. The Bertz CT molecular complexity index is 1620. The van der Waals surface area contributed by atoms with Gasteiger partial charge in [-0.3, -0.25) is 9.78 Å². The number of nitrogens with two attached hydrogens (primary N) is 1. The molecular formula is C28H22FN7O. The highest BCUT2D eigenvalue weighted by Gasteiger charge is 2.17. The molecule has 0 unspecified atom stereocenters. The Hall–Kier alpha value is -5.10. The third-order valence-corrected chi connectivity index (χ3v) is 5.99. The summed E-state index contributed by atoms with van der Waals surface area (Å²) in [7, 11) is 0. The highest BCUT2D eigenvalue weighted by Crippen LogP contribution is 2.25. The van der Waals surface area contributed by atoms with Crippen LogP contribution >= 0.6 is 0 Å². The van der Waals surface area contributed by atoms with Gasteiger partial charge in [-0.2, -0.15) is 10.4 Å². The first-order valence-corrected chi connectivity index (χ1v) is 11.7. The van der Waals surface area contributed by atoms with Crippen molar-refractivity contribution >= 4 is 22.6 Å². The third kappa shape index (κ3) is 4.86. The summed E-state index contributed by atoms with van der Waals surface area (Å²) < 4.78 is 14.7. The second-order valence-electron chi connectivity index (χ2n) is 8.37. The van der Waals surface area contributed by atoms with Crippen LogP contribution in [0, 0.1) is 17.1 Å². The summed E-state index contributed by atoms with van der Waals surface area (Å²) in [5, 5.41) is 17.8. The lowest BCUT2D eigenvalue weighted by Gasteiger charge is -2.10. The van der Waals surface area contributed by atoms with Crippen molar-refractivity contribution in [2.24, 2.45) is 0 Å². The van der Waals surface area contributed by atoms with E-state index in [2.05, 4.69) is 21.5 Å². The van der Waals surface area contributed by atoms with Crippen LogP contribution in [0.15, 0.2) is 79.1 Å². The number of rotatable bonds is 7. The first kappa shape index (κ1) is 23.6. The summed E-state index contributed by atoms with van der Waals surface area (Å²) in [6.45, 7) is 0.369. The number of carbonyl (C=O) groups excluding carboxylic acids is 1. The molecule has 0 aliphatic rings. The Morgan fingerprint density at radius 2 is 1.84 bits per heavy atom. The van der Waals surface area contributed by atoms with Gasteiger partial charge in [0.05, 0.1) is 28.2 Å². The highest BCUT2D eigenvalue weighted by atomic mass is 19.1. The second kappa shape index (κ2) is 10.3. The minimum absolute atomic E-state index is 0.194. The number of nitrogens with zero attached hydrogens (tertiary/aromatic N) is 5. The number of nitrogens with one attached hydrogen (secondary N) is 1. The van der Waals surface area contributed by atoms with E-state index in [4.69, 9.17) is 10.7 Å². The zero-order chi connectivity index (χ0) is 25.8. The van der Waals surface area contributed by atoms with Crippen LogP contribution in [0.1, 0.15) is 28.0 Å². The molecule has 0 bridgehead atoms. The van der Waals surface area contributed by atoms with Crippen molar-refractivity contribution in [2.75, 3.05) is 12.3 Å². The second-order valence-corrected chi connectivity index (χ2v) is 8.37. The van der Waals surface area contributed by atoms with Gasteiger partial charge in [0, 0.05) is 29.9 Å². The van der Waals surface area contributed by atoms with Gasteiger partial charge in [0.25, 0.3) is 5.91 Å². The van der Waals surface area contributed by atoms with E-state index in [1.165, 1.54) is 16.8 Å². The van der Waals surface area contributed by atoms with Gasteiger partial charge >= 0.3 is 0 Å². The maximum atomic E-state index is 13.3. The predicted molar refractivity (Wildman–Crippen MR) is 138 cm³/mol. The van der Waals surface area contributed by atoms with Crippen LogP contribution in [0.4, 0.5) is 10.2 Å². The summed E-state index contributed by atoms with van der Waals surface area (Å²) in [6.07, 6.45) is 4.35. The standard InChI is InChI=1S/C28H22FN7O/c29-19-7-9-20(10-8-19)36-27(31)23(17-30)25(35-36)6-3-13-33-28(37)22-16-26(18-11-14-32-15-12-18)34-24-5-2-1-4-21(22)24/h1-2,4-5,7-12,14-16H,3,6,13,31H2,(H,33,37). The normalized spacial score (nSPS) is 10.8. The number of hydrogen-bond donors (Lipinski definition) is 2. The minimum Gasteiger partial charge on any atom is -0.382 e. The fourth-order valence-electron chi connectivity index (χ4n) is 4.14. The molecule has 9 heteroatoms. The summed E-state index contributed by atoms with van der Waals surface area (Å²) in [5.74, 6) is -0.397. The zero-order valence-electron chi connectivity index (χ0n) is 19.7. The van der Waals surface area contributed by atoms with E-state index >= 15 is 0 Å². The van der Waals surface area contributed by atoms with E-state index in [9.17, 15) is 14.4 Å². The maximum Gasteiger partial charge on any atom is 0.252 e. The van der Waals surface area contributed by atoms with Gasteiger partial charge in [-0.25, -0.2) is 14.1 Å². The number of amides is 1. The minimum atomic E-state index is -0.374. The molecule has 1 amide bonds. The Morgan fingerprint density at radius 3 is 2.59 bits per heavy atom. The van der Waals surface area contributed by atoms with Crippen LogP contribution in [0.5, 0.6) is 0 Å². The third-order valence-electron chi connectivity index (χ3n) is 5.99. The summed E-state index contributed by atoms with van der Waals surface area (Å²) in [5.41, 5.74) is 10.3. The molecule has 5 aromatic rings. The van der Waals surface area contributed by atoms with E-state index in [-0.39, 0.29) is 23.1 Å². The number of para-hydroxylation sites is 1. The van der Waals surface area contributed by atoms with Crippen molar-refractivity contribution in [3.05, 3.63) is 102 Å². The Balaban J connectivity index is 1.31. The van der Waals surface area contributed by atoms with Crippen LogP contribution in [-0.2, 0) is 6.42 Å². The Morgan fingerprint density at radius 1 is 1.08 bits per heavy atom. The molecule has 0 aliphatic carbocycles. The zero-order valence-corrected chi connectivity index (χ0v) is 19.7. The van der Waals surface area contributed by atoms with Crippen molar-refractivity contribution in [3.8, 4) is 23.0 Å². The molecule has 0 saturated heterocycles. The smallest absolute Gasteiger partial charge is 0.252 e. The van der Waals surface area contributed by atoms with E-state index in [0.29, 0.717) is 42.0 Å². The maximum absolute atomic E-state index is 13.3. The molecule has 0 atom stereocenters. The Labute approximate surface area is 212 Å². The van der Waals surface area contributed by atoms with Crippen LogP contribution in [0.3, 0.4) is 0 Å². The fourth-order valence-corrected chi connectivity index (χ4v) is 4.14. The molecule has 0 saturated carbocycles. The lowest BCUT2D eigenvalue weighted by Crippen LogP contribution is -2.25. The largest absolute Gasteiger partial charge is 0.382 e. The molecule has 3 N–H and O–H groups in total. The van der Waals surface area contributed by atoms with Crippen molar-refractivity contribution < 1.29 is 9.18 Å². The van der Waals surface area contributed by atoms with Crippen molar-refractivity contribution in [1.82, 2.24) is 25.1 Å². The quantitative estimate of drug-likeness (QED) is 0.325. The van der Waals surface area contributed by atoms with Crippen molar-refractivity contribution in [3.63, 3.8) is 0 Å². The van der Waals surface area contributed by atoms with Gasteiger partial charge in [0.15, 0.2) is 0 Å². The molecular weight excluding hydrogens is 469 g/mol. The first-order valence-electron chi connectivity index (χ1n) is 11.7. The molecule has 0 radical (unpaired) electrons. The van der Waals surface area contributed by atoms with Gasteiger partial charge in [0.1, 0.15) is 23.3 Å².